The molecule has 0 unspecified atom stereocenters. The molecule has 0 amide bonds. The summed E-state index contributed by atoms with van der Waals surface area (Å²) in [5.74, 6) is 1.15. The lowest BCUT2D eigenvalue weighted by molar-refractivity contribution is 0.277. The summed E-state index contributed by atoms with van der Waals surface area (Å²) in [6.07, 6.45) is 0. The first-order chi connectivity index (χ1) is 31.4. The predicted octanol–water partition coefficient (Wildman–Crippen LogP) is 12.3. The highest BCUT2D eigenvalue weighted by Gasteiger charge is 2.33. The standard InChI is InChI=1S/C54H48Br2N6O4/c1-23(2)47(24(3)4)61-51(63)31-19-35-41-44-38(60(10)49(57-35)27-11-15-29(55)16-12-27)22-34-40-32(52(64)62(54(34)66)48(25(5)6)26(7)8)20-36-42(46(40)44)43-37(21-33(53(61)65)39(31)45(41)43)59(9)50(58-36)28-13-17-30(56)18-14-28/h11-26,47-48H,1-10H3. The van der Waals surface area contributed by atoms with Gasteiger partial charge in [0.15, 0.2) is 0 Å². The van der Waals surface area contributed by atoms with Gasteiger partial charge in [-0.2, -0.15) is 0 Å². The SMILES string of the molecule is CC(C)C(C(C)C)n1c(=O)c2cc3nc(-c4ccc(Br)cc4)n(C)c4cc5c(=O)n(C(C(C)C)C(C)C)c(=O)c6cc7nc(-c8ccc(Br)cc8)n(C)c8cc(c1=O)c2c1c3c4c(c65)c7c18. The first kappa shape index (κ1) is 42.6. The summed E-state index contributed by atoms with van der Waals surface area (Å²) in [6, 6.07) is 22.7. The summed E-state index contributed by atoms with van der Waals surface area (Å²) in [6.45, 7) is 16.4. The summed E-state index contributed by atoms with van der Waals surface area (Å²) >= 11 is 7.23. The molecule has 0 atom stereocenters. The van der Waals surface area contributed by atoms with Crippen molar-refractivity contribution in [3.05, 3.63) is 123 Å². The van der Waals surface area contributed by atoms with E-state index in [1.807, 2.05) is 96.0 Å². The highest BCUT2D eigenvalue weighted by atomic mass is 79.9. The molecule has 10 nitrogen and oxygen atoms in total. The van der Waals surface area contributed by atoms with Crippen molar-refractivity contribution in [3.63, 3.8) is 0 Å². The van der Waals surface area contributed by atoms with Crippen LogP contribution in [0.2, 0.25) is 0 Å². The molecule has 66 heavy (non-hydrogen) atoms. The maximum absolute atomic E-state index is 15.4. The fourth-order valence-electron chi connectivity index (χ4n) is 11.9. The molecular weight excluding hydrogens is 956 g/mol. The Hall–Kier alpha value is -5.98. The molecular formula is C54H48Br2N6O4. The molecule has 4 heterocycles. The van der Waals surface area contributed by atoms with Gasteiger partial charge < -0.3 is 9.13 Å². The monoisotopic (exact) mass is 1000 g/mol. The number of aromatic nitrogens is 6. The molecule has 7 aromatic carbocycles. The minimum atomic E-state index is -0.375. The Balaban J connectivity index is 1.53. The van der Waals surface area contributed by atoms with Gasteiger partial charge in [0.2, 0.25) is 0 Å². The second-order valence-electron chi connectivity index (χ2n) is 19.7. The van der Waals surface area contributed by atoms with Gasteiger partial charge in [-0.3, -0.25) is 28.3 Å². The smallest absolute Gasteiger partial charge is 0.261 e. The minimum Gasteiger partial charge on any atom is -0.328 e. The van der Waals surface area contributed by atoms with E-state index < -0.39 is 0 Å². The van der Waals surface area contributed by atoms with Crippen molar-refractivity contribution in [2.24, 2.45) is 37.8 Å². The molecule has 12 heteroatoms. The van der Waals surface area contributed by atoms with Gasteiger partial charge in [0, 0.05) is 89.3 Å². The van der Waals surface area contributed by atoms with E-state index in [9.17, 15) is 0 Å². The van der Waals surface area contributed by atoms with Crippen LogP contribution in [-0.4, -0.2) is 28.2 Å². The fourth-order valence-corrected chi connectivity index (χ4v) is 12.4. The van der Waals surface area contributed by atoms with Crippen molar-refractivity contribution in [2.75, 3.05) is 0 Å². The van der Waals surface area contributed by atoms with Crippen molar-refractivity contribution in [2.45, 2.75) is 67.5 Å². The van der Waals surface area contributed by atoms with Crippen molar-refractivity contribution in [1.82, 2.24) is 28.2 Å². The Labute approximate surface area is 395 Å². The van der Waals surface area contributed by atoms with E-state index in [2.05, 4.69) is 87.2 Å². The second-order valence-corrected chi connectivity index (χ2v) is 21.5. The Morgan fingerprint density at radius 1 is 0.409 bits per heavy atom. The largest absolute Gasteiger partial charge is 0.328 e. The first-order valence-electron chi connectivity index (χ1n) is 22.7. The average molecular weight is 1000 g/mol. The van der Waals surface area contributed by atoms with E-state index in [0.717, 1.165) is 52.4 Å². The van der Waals surface area contributed by atoms with Crippen LogP contribution in [0.15, 0.2) is 101 Å². The first-order valence-corrected chi connectivity index (χ1v) is 24.3. The summed E-state index contributed by atoms with van der Waals surface area (Å²) in [7, 11) is 3.91. The van der Waals surface area contributed by atoms with Gasteiger partial charge in [-0.05, 0) is 72.2 Å². The summed E-state index contributed by atoms with van der Waals surface area (Å²) in [5, 5.41) is 7.29. The lowest BCUT2D eigenvalue weighted by Crippen LogP contribution is -2.40. The Morgan fingerprint density at radius 3 is 1.02 bits per heavy atom. The molecule has 0 radical (unpaired) electrons. The number of nitrogens with zero attached hydrogens (tertiary/aromatic N) is 6. The molecule has 0 saturated heterocycles. The average Bonchev–Trinajstić information content (AvgIpc) is 3.48. The van der Waals surface area contributed by atoms with Crippen molar-refractivity contribution >= 4 is 119 Å². The predicted molar refractivity (Wildman–Crippen MR) is 278 cm³/mol. The minimum absolute atomic E-state index is 0.0146. The van der Waals surface area contributed by atoms with E-state index in [0.29, 0.717) is 66.0 Å². The molecule has 0 aliphatic rings. The molecule has 0 aliphatic carbocycles. The third-order valence-electron chi connectivity index (χ3n) is 14.4. The summed E-state index contributed by atoms with van der Waals surface area (Å²) in [4.78, 5) is 72.5. The van der Waals surface area contributed by atoms with Crippen molar-refractivity contribution < 1.29 is 0 Å². The van der Waals surface area contributed by atoms with Gasteiger partial charge in [0.1, 0.15) is 11.6 Å². The van der Waals surface area contributed by atoms with Gasteiger partial charge in [-0.1, -0.05) is 112 Å². The van der Waals surface area contributed by atoms with E-state index in [1.165, 1.54) is 9.13 Å². The van der Waals surface area contributed by atoms with Crippen LogP contribution in [0.5, 0.6) is 0 Å². The molecule has 0 aliphatic heterocycles. The van der Waals surface area contributed by atoms with Crippen LogP contribution in [0.3, 0.4) is 0 Å². The summed E-state index contributed by atoms with van der Waals surface area (Å²) in [5.41, 5.74) is 2.77. The van der Waals surface area contributed by atoms with Crippen LogP contribution >= 0.6 is 31.9 Å². The van der Waals surface area contributed by atoms with Crippen molar-refractivity contribution in [1.29, 1.82) is 0 Å². The zero-order chi connectivity index (χ0) is 46.7. The van der Waals surface area contributed by atoms with Crippen LogP contribution in [0.4, 0.5) is 0 Å². The number of aryl methyl sites for hydroxylation is 2. The normalized spacial score (nSPS) is 13.0. The highest BCUT2D eigenvalue weighted by Crippen LogP contribution is 2.51. The van der Waals surface area contributed by atoms with Gasteiger partial charge in [0.05, 0.1) is 43.6 Å². The van der Waals surface area contributed by atoms with Crippen molar-refractivity contribution in [3.8, 4) is 22.8 Å². The molecule has 4 aromatic heterocycles. The highest BCUT2D eigenvalue weighted by molar-refractivity contribution is 9.10. The zero-order valence-corrected chi connectivity index (χ0v) is 41.6. The quantitative estimate of drug-likeness (QED) is 0.111. The Morgan fingerprint density at radius 2 is 0.712 bits per heavy atom. The van der Waals surface area contributed by atoms with Crippen LogP contribution in [0, 0.1) is 23.7 Å². The number of halogens is 2. The number of hydrogen-bond acceptors (Lipinski definition) is 6. The molecule has 0 N–H and O–H groups in total. The van der Waals surface area contributed by atoms with E-state index in [-0.39, 0.29) is 58.0 Å². The third-order valence-corrected chi connectivity index (χ3v) is 15.4. The van der Waals surface area contributed by atoms with Gasteiger partial charge in [0.25, 0.3) is 22.2 Å². The molecule has 0 spiro atoms. The maximum atomic E-state index is 15.4. The number of hydrogen-bond donors (Lipinski definition) is 0. The molecule has 332 valence electrons. The molecule has 11 rings (SSSR count). The fraction of sp³-hybridized carbons (Fsp3) is 0.296. The summed E-state index contributed by atoms with van der Waals surface area (Å²) < 4.78 is 8.84. The third kappa shape index (κ3) is 5.69. The Bertz CT molecular complexity index is 3800. The maximum Gasteiger partial charge on any atom is 0.261 e. The van der Waals surface area contributed by atoms with E-state index >= 15 is 19.2 Å². The zero-order valence-electron chi connectivity index (χ0n) is 38.5. The van der Waals surface area contributed by atoms with Crippen LogP contribution in [0.25, 0.3) is 109 Å². The van der Waals surface area contributed by atoms with Gasteiger partial charge >= 0.3 is 0 Å². The van der Waals surface area contributed by atoms with Crippen LogP contribution in [0.1, 0.15) is 67.5 Å². The molecule has 11 aromatic rings. The number of rotatable bonds is 8. The van der Waals surface area contributed by atoms with Crippen LogP contribution in [-0.2, 0) is 14.1 Å². The van der Waals surface area contributed by atoms with Gasteiger partial charge in [-0.15, -0.1) is 0 Å². The topological polar surface area (TPSA) is 114 Å². The molecule has 0 saturated carbocycles. The second kappa shape index (κ2) is 14.8. The van der Waals surface area contributed by atoms with E-state index in [1.54, 1.807) is 0 Å². The lowest BCUT2D eigenvalue weighted by atomic mass is 9.84. The lowest BCUT2D eigenvalue weighted by Gasteiger charge is -2.28. The number of pyridine rings is 2. The number of benzene rings is 7. The van der Waals surface area contributed by atoms with E-state index in [4.69, 9.17) is 9.97 Å². The van der Waals surface area contributed by atoms with Crippen LogP contribution < -0.4 is 22.2 Å². The molecule has 0 bridgehead atoms. The Kier molecular flexibility index (Phi) is 9.54. The molecule has 0 fully saturated rings. The van der Waals surface area contributed by atoms with Gasteiger partial charge in [-0.25, -0.2) is 9.97 Å².